The maximum absolute atomic E-state index is 13.8. The Hall–Kier alpha value is -0.660. The van der Waals surface area contributed by atoms with Crippen molar-refractivity contribution in [2.75, 3.05) is 0 Å². The van der Waals surface area contributed by atoms with Gasteiger partial charge in [0.25, 0.3) is 0 Å². The van der Waals surface area contributed by atoms with Crippen LogP contribution in [0.3, 0.4) is 0 Å². The molecule has 0 aromatic heterocycles. The van der Waals surface area contributed by atoms with Crippen molar-refractivity contribution in [1.29, 1.82) is 0 Å². The summed E-state index contributed by atoms with van der Waals surface area (Å²) in [6, 6.07) is 0. The zero-order valence-electron chi connectivity index (χ0n) is 45.9. The van der Waals surface area contributed by atoms with Gasteiger partial charge in [-0.25, -0.2) is 0 Å². The van der Waals surface area contributed by atoms with Gasteiger partial charge in [0, 0.05) is 21.7 Å². The van der Waals surface area contributed by atoms with Crippen LogP contribution in [-0.2, 0) is 9.59 Å². The topological polar surface area (TPSA) is 34.1 Å². The second-order valence-corrected chi connectivity index (χ2v) is 28.4. The molecule has 0 N–H and O–H groups in total. The summed E-state index contributed by atoms with van der Waals surface area (Å²) in [5.74, 6) is 13.3. The minimum absolute atomic E-state index is 0.138. The van der Waals surface area contributed by atoms with E-state index in [9.17, 15) is 9.59 Å². The first-order valence-corrected chi connectivity index (χ1v) is 32.2. The van der Waals surface area contributed by atoms with Crippen LogP contribution in [0.5, 0.6) is 0 Å². The highest BCUT2D eigenvalue weighted by atomic mass is 16.1. The number of rotatable bonds is 14. The smallest absolute Gasteiger partial charge is 0.145 e. The Kier molecular flexibility index (Phi) is 18.2. The molecule has 10 aliphatic carbocycles. The number of hydrogen-bond acceptors (Lipinski definition) is 2. The van der Waals surface area contributed by atoms with E-state index in [4.69, 9.17) is 0 Å². The number of carbonyl (C=O) groups excluding carboxylic acids is 2. The lowest BCUT2D eigenvalue weighted by molar-refractivity contribution is -0.170. The quantitative estimate of drug-likeness (QED) is 0.163. The third-order valence-corrected chi connectivity index (χ3v) is 24.9. The fraction of sp³-hybridized carbons (Fsp3) is 0.970. The number of ketones is 2. The summed E-state index contributed by atoms with van der Waals surface area (Å²) in [7, 11) is 0. The first-order valence-electron chi connectivity index (χ1n) is 32.2. The molecule has 0 saturated heterocycles. The van der Waals surface area contributed by atoms with Gasteiger partial charge in [0.2, 0.25) is 0 Å². The Labute approximate surface area is 422 Å². The van der Waals surface area contributed by atoms with Crippen LogP contribution in [0.2, 0.25) is 0 Å². The van der Waals surface area contributed by atoms with Crippen molar-refractivity contribution < 1.29 is 9.59 Å². The molecule has 0 radical (unpaired) electrons. The summed E-state index contributed by atoms with van der Waals surface area (Å²) in [5.41, 5.74) is 0.556. The van der Waals surface area contributed by atoms with Crippen molar-refractivity contribution in [2.24, 2.45) is 92.7 Å². The number of carbonyl (C=O) groups is 2. The normalized spacial score (nSPS) is 45.4. The molecular formula is C66H112O2. The van der Waals surface area contributed by atoms with Gasteiger partial charge in [0.05, 0.1) is 0 Å². The van der Waals surface area contributed by atoms with E-state index in [0.717, 1.165) is 82.6 Å². The molecule has 0 aliphatic heterocycles. The number of hydrogen-bond donors (Lipinski definition) is 0. The highest BCUT2D eigenvalue weighted by molar-refractivity contribution is 5.97. The van der Waals surface area contributed by atoms with Crippen LogP contribution in [0, 0.1) is 92.7 Å². The lowest BCUT2D eigenvalue weighted by atomic mass is 9.42. The molecule has 0 bridgehead atoms. The molecule has 68 heavy (non-hydrogen) atoms. The molecule has 10 rings (SSSR count). The SMILES string of the molecule is CCCCC1CCC(C2CCC3(CC2)CC2(CCC(C4CCC(CC)CC4)CC2)C3=O)CC1.CCCCCC1CCC(C2CCC3(CC2)CC2(CCC(C4CCC(CCC)CC4)CC2)C3=O)CC1. The lowest BCUT2D eigenvalue weighted by Gasteiger charge is -2.60. The average molecular weight is 938 g/mol. The van der Waals surface area contributed by atoms with E-state index in [2.05, 4.69) is 27.7 Å². The van der Waals surface area contributed by atoms with Gasteiger partial charge >= 0.3 is 0 Å². The Morgan fingerprint density at radius 2 is 0.559 bits per heavy atom. The summed E-state index contributed by atoms with van der Waals surface area (Å²) in [6.07, 6.45) is 61.6. The Bertz CT molecular complexity index is 1520. The third kappa shape index (κ3) is 11.5. The first-order chi connectivity index (χ1) is 33.1. The molecule has 0 amide bonds. The molecular weight excluding hydrogens is 825 g/mol. The van der Waals surface area contributed by atoms with E-state index < -0.39 is 0 Å². The van der Waals surface area contributed by atoms with E-state index >= 15 is 0 Å². The van der Waals surface area contributed by atoms with Crippen molar-refractivity contribution in [3.8, 4) is 0 Å². The molecule has 0 atom stereocenters. The Balaban J connectivity index is 0.000000170. The molecule has 388 valence electrons. The summed E-state index contributed by atoms with van der Waals surface area (Å²) in [5, 5.41) is 0. The zero-order chi connectivity index (χ0) is 47.2. The minimum atomic E-state index is 0.138. The van der Waals surface area contributed by atoms with Gasteiger partial charge in [-0.2, -0.15) is 0 Å². The molecule has 2 nitrogen and oxygen atoms in total. The summed E-state index contributed by atoms with van der Waals surface area (Å²) < 4.78 is 0. The van der Waals surface area contributed by atoms with Gasteiger partial charge in [-0.3, -0.25) is 9.59 Å². The van der Waals surface area contributed by atoms with Crippen LogP contribution in [0.4, 0.5) is 0 Å². The maximum atomic E-state index is 13.8. The summed E-state index contributed by atoms with van der Waals surface area (Å²) in [6.45, 7) is 9.38. The van der Waals surface area contributed by atoms with E-state index in [1.54, 1.807) is 0 Å². The minimum Gasteiger partial charge on any atom is -0.298 e. The van der Waals surface area contributed by atoms with Crippen LogP contribution >= 0.6 is 0 Å². The van der Waals surface area contributed by atoms with Crippen LogP contribution < -0.4 is 0 Å². The monoisotopic (exact) mass is 937 g/mol. The fourth-order valence-electron chi connectivity index (χ4n) is 20.3. The predicted molar refractivity (Wildman–Crippen MR) is 287 cm³/mol. The van der Waals surface area contributed by atoms with Crippen molar-refractivity contribution >= 4 is 11.6 Å². The van der Waals surface area contributed by atoms with E-state index in [1.165, 1.54) is 283 Å². The molecule has 10 fully saturated rings. The van der Waals surface area contributed by atoms with E-state index in [0.29, 0.717) is 0 Å². The van der Waals surface area contributed by atoms with Crippen LogP contribution in [0.15, 0.2) is 0 Å². The maximum Gasteiger partial charge on any atom is 0.145 e. The molecule has 10 aliphatic rings. The molecule has 0 unspecified atom stereocenters. The van der Waals surface area contributed by atoms with Crippen LogP contribution in [0.1, 0.15) is 310 Å². The molecule has 0 heterocycles. The highest BCUT2D eigenvalue weighted by Gasteiger charge is 2.65. The Morgan fingerprint density at radius 1 is 0.294 bits per heavy atom. The highest BCUT2D eigenvalue weighted by Crippen LogP contribution is 2.67. The second kappa shape index (κ2) is 23.7. The van der Waals surface area contributed by atoms with Crippen molar-refractivity contribution in [2.45, 2.75) is 310 Å². The fourth-order valence-corrected chi connectivity index (χ4v) is 20.3. The van der Waals surface area contributed by atoms with Gasteiger partial charge in [-0.1, -0.05) is 143 Å². The van der Waals surface area contributed by atoms with Gasteiger partial charge in [0.1, 0.15) is 11.6 Å². The van der Waals surface area contributed by atoms with Gasteiger partial charge in [-0.05, 0) is 238 Å². The molecule has 4 spiro atoms. The molecule has 10 saturated carbocycles. The van der Waals surface area contributed by atoms with Gasteiger partial charge < -0.3 is 0 Å². The standard InChI is InChI=1S/C34H58O.C32H54O/c1-3-5-6-8-27-11-15-29(16-12-27)31-19-23-34(24-20-31)25-33(32(34)35)21-17-30(18-22-33)28-13-9-26(7-4-2)10-14-28;1-3-5-6-25-9-13-27(14-10-25)29-17-21-32(22-18-29)23-31(30(32)33)19-15-28(16-20-31)26-11-7-24(4-2)8-12-26/h26-31H,3-25H2,1-2H3;24-29H,3-23H2,1-2H3. The van der Waals surface area contributed by atoms with Crippen molar-refractivity contribution in [1.82, 2.24) is 0 Å². The lowest BCUT2D eigenvalue weighted by Crippen LogP contribution is -2.60. The molecule has 0 aromatic rings. The predicted octanol–water partition coefficient (Wildman–Crippen LogP) is 19.8. The number of unbranched alkanes of at least 4 members (excludes halogenated alkanes) is 3. The number of Topliss-reactive ketones (excluding diaryl/α,β-unsaturated/α-hetero) is 2. The van der Waals surface area contributed by atoms with Gasteiger partial charge in [-0.15, -0.1) is 0 Å². The first kappa shape index (κ1) is 52.2. The van der Waals surface area contributed by atoms with Crippen molar-refractivity contribution in [3.05, 3.63) is 0 Å². The Morgan fingerprint density at radius 3 is 0.824 bits per heavy atom. The largest absolute Gasteiger partial charge is 0.298 e. The van der Waals surface area contributed by atoms with E-state index in [1.807, 2.05) is 0 Å². The average Bonchev–Trinajstić information content (AvgIpc) is 3.40. The van der Waals surface area contributed by atoms with Crippen LogP contribution in [-0.4, -0.2) is 11.6 Å². The van der Waals surface area contributed by atoms with Crippen molar-refractivity contribution in [3.63, 3.8) is 0 Å². The third-order valence-electron chi connectivity index (χ3n) is 24.9. The molecule has 0 aromatic carbocycles. The van der Waals surface area contributed by atoms with E-state index in [-0.39, 0.29) is 21.7 Å². The summed E-state index contributed by atoms with van der Waals surface area (Å²) in [4.78, 5) is 27.5. The van der Waals surface area contributed by atoms with Gasteiger partial charge in [0.15, 0.2) is 0 Å². The summed E-state index contributed by atoms with van der Waals surface area (Å²) >= 11 is 0. The second-order valence-electron chi connectivity index (χ2n) is 28.4. The zero-order valence-corrected chi connectivity index (χ0v) is 45.9. The van der Waals surface area contributed by atoms with Crippen LogP contribution in [0.25, 0.3) is 0 Å². The molecule has 2 heteroatoms.